The van der Waals surface area contributed by atoms with Crippen LogP contribution < -0.4 is 22.3 Å². The number of nitrogens with zero attached hydrogens (tertiary/aromatic N) is 1. The molecule has 0 unspecified atom stereocenters. The van der Waals surface area contributed by atoms with E-state index in [0.29, 0.717) is 0 Å². The van der Waals surface area contributed by atoms with Crippen LogP contribution in [0.25, 0.3) is 0 Å². The second-order valence-electron chi connectivity index (χ2n) is 3.04. The Morgan fingerprint density at radius 1 is 1.50 bits per heavy atom. The van der Waals surface area contributed by atoms with Crippen molar-refractivity contribution in [2.45, 2.75) is 19.9 Å². The fourth-order valence-electron chi connectivity index (χ4n) is 1.25. The molecular formula is C8H12F2N4O2. The van der Waals surface area contributed by atoms with Gasteiger partial charge >= 0.3 is 5.69 Å². The number of hydrogen-bond donors (Lipinski definition) is 3. The van der Waals surface area contributed by atoms with E-state index in [1.165, 1.54) is 0 Å². The predicted molar refractivity (Wildman–Crippen MR) is 55.9 cm³/mol. The Bertz CT molecular complexity index is 480. The fourth-order valence-corrected chi connectivity index (χ4v) is 1.25. The summed E-state index contributed by atoms with van der Waals surface area (Å²) in [7, 11) is 0. The first kappa shape index (κ1) is 12.2. The third-order valence-electron chi connectivity index (χ3n) is 1.99. The van der Waals surface area contributed by atoms with Crippen LogP contribution >= 0.6 is 0 Å². The first-order valence-corrected chi connectivity index (χ1v) is 4.62. The van der Waals surface area contributed by atoms with Crippen molar-refractivity contribution in [3.8, 4) is 0 Å². The number of aromatic nitrogens is 2. The smallest absolute Gasteiger partial charge is 0.330 e. The van der Waals surface area contributed by atoms with Gasteiger partial charge in [-0.3, -0.25) is 14.3 Å². The molecule has 6 nitrogen and oxygen atoms in total. The summed E-state index contributed by atoms with van der Waals surface area (Å²) < 4.78 is 25.0. The van der Waals surface area contributed by atoms with Crippen LogP contribution in [0.1, 0.15) is 6.92 Å². The topological polar surface area (TPSA) is 92.9 Å². The molecule has 1 aromatic heterocycles. The molecule has 90 valence electrons. The molecule has 0 fully saturated rings. The van der Waals surface area contributed by atoms with Crippen molar-refractivity contribution < 1.29 is 8.78 Å². The van der Waals surface area contributed by atoms with E-state index >= 15 is 0 Å². The summed E-state index contributed by atoms with van der Waals surface area (Å²) in [5, 5.41) is 2.20. The van der Waals surface area contributed by atoms with Crippen LogP contribution in [-0.4, -0.2) is 22.5 Å². The standard InChI is InChI=1S/C8H12F2N4O2/c1-2-14-6(11)5(12-3-4(9)10)7(15)13-8(14)16/h4,12H,2-3,11H2,1H3,(H,13,15,16). The number of nitrogens with two attached hydrogens (primary N) is 1. The molecule has 0 saturated heterocycles. The molecule has 0 radical (unpaired) electrons. The molecule has 0 aliphatic carbocycles. The highest BCUT2D eigenvalue weighted by Crippen LogP contribution is 2.10. The van der Waals surface area contributed by atoms with E-state index in [-0.39, 0.29) is 18.1 Å². The van der Waals surface area contributed by atoms with Gasteiger partial charge < -0.3 is 11.1 Å². The van der Waals surface area contributed by atoms with Crippen molar-refractivity contribution in [1.82, 2.24) is 9.55 Å². The van der Waals surface area contributed by atoms with Gasteiger partial charge in [-0.05, 0) is 6.92 Å². The van der Waals surface area contributed by atoms with Gasteiger partial charge in [0.25, 0.3) is 12.0 Å². The molecule has 0 saturated carbocycles. The zero-order valence-electron chi connectivity index (χ0n) is 8.59. The van der Waals surface area contributed by atoms with Gasteiger partial charge in [0.1, 0.15) is 11.5 Å². The minimum atomic E-state index is -2.61. The third kappa shape index (κ3) is 2.38. The monoisotopic (exact) mass is 234 g/mol. The van der Waals surface area contributed by atoms with Crippen molar-refractivity contribution >= 4 is 11.5 Å². The Labute approximate surface area is 89.1 Å². The quantitative estimate of drug-likeness (QED) is 0.673. The highest BCUT2D eigenvalue weighted by atomic mass is 19.3. The average molecular weight is 234 g/mol. The Kier molecular flexibility index (Phi) is 3.64. The molecule has 0 bridgehead atoms. The largest absolute Gasteiger partial charge is 0.383 e. The minimum Gasteiger partial charge on any atom is -0.383 e. The van der Waals surface area contributed by atoms with E-state index in [1.54, 1.807) is 6.92 Å². The lowest BCUT2D eigenvalue weighted by Crippen LogP contribution is -2.34. The lowest BCUT2D eigenvalue weighted by atomic mass is 10.4. The van der Waals surface area contributed by atoms with Crippen LogP contribution in [0.5, 0.6) is 0 Å². The van der Waals surface area contributed by atoms with E-state index in [2.05, 4.69) is 5.32 Å². The van der Waals surface area contributed by atoms with E-state index in [9.17, 15) is 18.4 Å². The summed E-state index contributed by atoms with van der Waals surface area (Å²) in [5.74, 6) is -0.142. The minimum absolute atomic E-state index is 0.142. The summed E-state index contributed by atoms with van der Waals surface area (Å²) in [6, 6.07) is 0. The molecule has 8 heteroatoms. The summed E-state index contributed by atoms with van der Waals surface area (Å²) in [6.45, 7) is 1.19. The lowest BCUT2D eigenvalue weighted by Gasteiger charge is -2.11. The molecule has 0 spiro atoms. The Morgan fingerprint density at radius 2 is 2.12 bits per heavy atom. The number of aromatic amines is 1. The Hall–Kier alpha value is -1.86. The lowest BCUT2D eigenvalue weighted by molar-refractivity contribution is 0.163. The van der Waals surface area contributed by atoms with Crippen LogP contribution in [0, 0.1) is 0 Å². The summed E-state index contributed by atoms with van der Waals surface area (Å²) in [6.07, 6.45) is -2.61. The second kappa shape index (κ2) is 4.77. The normalized spacial score (nSPS) is 10.8. The summed E-state index contributed by atoms with van der Waals surface area (Å²) in [4.78, 5) is 24.5. The summed E-state index contributed by atoms with van der Waals surface area (Å²) in [5.41, 5.74) is 3.85. The number of alkyl halides is 2. The molecular weight excluding hydrogens is 222 g/mol. The van der Waals surface area contributed by atoms with E-state index in [1.807, 2.05) is 4.98 Å². The fraction of sp³-hybridized carbons (Fsp3) is 0.500. The van der Waals surface area contributed by atoms with Crippen molar-refractivity contribution in [2.75, 3.05) is 17.6 Å². The van der Waals surface area contributed by atoms with Gasteiger partial charge in [0.05, 0.1) is 6.54 Å². The highest BCUT2D eigenvalue weighted by Gasteiger charge is 2.12. The first-order chi connectivity index (χ1) is 7.47. The number of rotatable bonds is 4. The molecule has 16 heavy (non-hydrogen) atoms. The van der Waals surface area contributed by atoms with Gasteiger partial charge in [-0.15, -0.1) is 0 Å². The van der Waals surface area contributed by atoms with Gasteiger partial charge in [-0.25, -0.2) is 13.6 Å². The maximum Gasteiger partial charge on any atom is 0.330 e. The predicted octanol–water partition coefficient (Wildman–Crippen LogP) is -0.184. The van der Waals surface area contributed by atoms with Crippen LogP contribution in [0.15, 0.2) is 9.59 Å². The molecule has 0 aromatic carbocycles. The van der Waals surface area contributed by atoms with Crippen LogP contribution in [-0.2, 0) is 6.54 Å². The maximum absolute atomic E-state index is 12.0. The van der Waals surface area contributed by atoms with Gasteiger partial charge in [0.2, 0.25) is 0 Å². The van der Waals surface area contributed by atoms with E-state index < -0.39 is 24.2 Å². The first-order valence-electron chi connectivity index (χ1n) is 4.62. The van der Waals surface area contributed by atoms with Crippen LogP contribution in [0.4, 0.5) is 20.3 Å². The zero-order chi connectivity index (χ0) is 12.3. The van der Waals surface area contributed by atoms with E-state index in [0.717, 1.165) is 4.57 Å². The average Bonchev–Trinajstić information content (AvgIpc) is 2.16. The van der Waals surface area contributed by atoms with Gasteiger partial charge in [-0.2, -0.15) is 0 Å². The van der Waals surface area contributed by atoms with Crippen LogP contribution in [0.3, 0.4) is 0 Å². The number of nitrogens with one attached hydrogen (secondary N) is 2. The number of H-pyrrole nitrogens is 1. The van der Waals surface area contributed by atoms with E-state index in [4.69, 9.17) is 5.73 Å². The highest BCUT2D eigenvalue weighted by molar-refractivity contribution is 5.60. The Balaban J connectivity index is 3.18. The number of halogens is 2. The molecule has 0 atom stereocenters. The van der Waals surface area contributed by atoms with Crippen LogP contribution in [0.2, 0.25) is 0 Å². The molecule has 1 heterocycles. The maximum atomic E-state index is 12.0. The third-order valence-corrected chi connectivity index (χ3v) is 1.99. The zero-order valence-corrected chi connectivity index (χ0v) is 8.59. The van der Waals surface area contributed by atoms with Gasteiger partial charge in [0, 0.05) is 6.54 Å². The SMILES string of the molecule is CCn1c(N)c(NCC(F)F)c(=O)[nH]c1=O. The summed E-state index contributed by atoms with van der Waals surface area (Å²) >= 11 is 0. The number of nitrogen functional groups attached to an aromatic ring is 1. The Morgan fingerprint density at radius 3 is 2.62 bits per heavy atom. The molecule has 0 aliphatic heterocycles. The van der Waals surface area contributed by atoms with Crippen molar-refractivity contribution in [1.29, 1.82) is 0 Å². The van der Waals surface area contributed by atoms with Gasteiger partial charge in [-0.1, -0.05) is 0 Å². The van der Waals surface area contributed by atoms with Crippen molar-refractivity contribution in [3.63, 3.8) is 0 Å². The molecule has 0 amide bonds. The number of hydrogen-bond acceptors (Lipinski definition) is 4. The molecule has 4 N–H and O–H groups in total. The second-order valence-corrected chi connectivity index (χ2v) is 3.04. The van der Waals surface area contributed by atoms with Gasteiger partial charge in [0.15, 0.2) is 0 Å². The van der Waals surface area contributed by atoms with Crippen molar-refractivity contribution in [3.05, 3.63) is 20.8 Å². The molecule has 1 aromatic rings. The molecule has 0 aliphatic rings. The number of anilines is 2. The molecule has 1 rings (SSSR count). The van der Waals surface area contributed by atoms with Crippen molar-refractivity contribution in [2.24, 2.45) is 0 Å².